The first-order valence-electron chi connectivity index (χ1n) is 9.61. The van der Waals surface area contributed by atoms with Gasteiger partial charge in [-0.25, -0.2) is 0 Å². The van der Waals surface area contributed by atoms with Crippen LogP contribution in [-0.2, 0) is 14.4 Å². The van der Waals surface area contributed by atoms with Crippen molar-refractivity contribution in [2.24, 2.45) is 5.41 Å². The van der Waals surface area contributed by atoms with Gasteiger partial charge in [0.2, 0.25) is 17.7 Å². The van der Waals surface area contributed by atoms with Crippen molar-refractivity contribution in [1.29, 1.82) is 0 Å². The van der Waals surface area contributed by atoms with E-state index in [2.05, 4.69) is 5.32 Å². The maximum atomic E-state index is 12.8. The van der Waals surface area contributed by atoms with Crippen LogP contribution in [0.15, 0.2) is 34.7 Å². The predicted molar refractivity (Wildman–Crippen MR) is 99.6 cm³/mol. The van der Waals surface area contributed by atoms with Gasteiger partial charge in [-0.05, 0) is 31.9 Å². The molecule has 0 bridgehead atoms. The highest BCUT2D eigenvalue weighted by molar-refractivity contribution is 6.08. The van der Waals surface area contributed by atoms with E-state index in [0.717, 1.165) is 48.0 Å². The number of benzene rings is 1. The molecule has 2 fully saturated rings. The second kappa shape index (κ2) is 6.83. The van der Waals surface area contributed by atoms with Crippen molar-refractivity contribution in [3.05, 3.63) is 36.1 Å². The fourth-order valence-corrected chi connectivity index (χ4v) is 4.36. The predicted octanol–water partition coefficient (Wildman–Crippen LogP) is 3.32. The molecule has 1 aliphatic heterocycles. The van der Waals surface area contributed by atoms with Crippen LogP contribution in [0.3, 0.4) is 0 Å². The molecule has 3 amide bonds. The van der Waals surface area contributed by atoms with Crippen LogP contribution in [0.25, 0.3) is 11.0 Å². The van der Waals surface area contributed by atoms with E-state index in [-0.39, 0.29) is 36.7 Å². The van der Waals surface area contributed by atoms with Crippen LogP contribution < -0.4 is 5.32 Å². The molecule has 6 nitrogen and oxygen atoms in total. The lowest BCUT2D eigenvalue weighted by atomic mass is 9.73. The summed E-state index contributed by atoms with van der Waals surface area (Å²) in [7, 11) is 0. The molecule has 142 valence electrons. The summed E-state index contributed by atoms with van der Waals surface area (Å²) in [5.41, 5.74) is 0.206. The Morgan fingerprint density at radius 2 is 1.96 bits per heavy atom. The van der Waals surface area contributed by atoms with Gasteiger partial charge in [0.1, 0.15) is 17.9 Å². The monoisotopic (exact) mass is 368 g/mol. The molecule has 1 aliphatic carbocycles. The number of carbonyl (C=O) groups excluding carboxylic acids is 3. The number of amides is 3. The lowest BCUT2D eigenvalue weighted by Crippen LogP contribution is -2.43. The lowest BCUT2D eigenvalue weighted by molar-refractivity contribution is -0.145. The topological polar surface area (TPSA) is 79.6 Å². The minimum absolute atomic E-state index is 0.168. The van der Waals surface area contributed by atoms with Crippen LogP contribution >= 0.6 is 0 Å². The summed E-state index contributed by atoms with van der Waals surface area (Å²) in [6.07, 6.45) is 4.82. The highest BCUT2D eigenvalue weighted by atomic mass is 16.3. The van der Waals surface area contributed by atoms with Crippen LogP contribution in [0.4, 0.5) is 0 Å². The van der Waals surface area contributed by atoms with Crippen LogP contribution in [0.1, 0.15) is 57.3 Å². The van der Waals surface area contributed by atoms with Crippen molar-refractivity contribution in [3.8, 4) is 0 Å². The largest absolute Gasteiger partial charge is 0.459 e. The number of rotatable bonds is 4. The van der Waals surface area contributed by atoms with E-state index in [1.807, 2.05) is 37.3 Å². The average Bonchev–Trinajstić information content (AvgIpc) is 3.18. The van der Waals surface area contributed by atoms with E-state index in [9.17, 15) is 14.4 Å². The van der Waals surface area contributed by atoms with Crippen LogP contribution in [0, 0.1) is 5.41 Å². The van der Waals surface area contributed by atoms with Gasteiger partial charge in [0.25, 0.3) is 0 Å². The molecular formula is C21H24N2O4. The van der Waals surface area contributed by atoms with Gasteiger partial charge in [-0.15, -0.1) is 0 Å². The van der Waals surface area contributed by atoms with Crippen molar-refractivity contribution >= 4 is 28.7 Å². The lowest BCUT2D eigenvalue weighted by Gasteiger charge is -2.30. The van der Waals surface area contributed by atoms with E-state index < -0.39 is 5.41 Å². The number of hydrogen-bond donors (Lipinski definition) is 1. The standard InChI is InChI=1S/C21H24N2O4/c1-14(17-11-15-7-3-4-8-16(15)27-17)22-18(24)13-23-19(25)12-21(20(23)26)9-5-2-6-10-21/h3-4,7-8,11,14H,2,5-6,9-10,12-13H2,1H3,(H,22,24). The van der Waals surface area contributed by atoms with Gasteiger partial charge in [-0.3, -0.25) is 19.3 Å². The Balaban J connectivity index is 1.41. The van der Waals surface area contributed by atoms with Gasteiger partial charge in [0, 0.05) is 11.8 Å². The van der Waals surface area contributed by atoms with E-state index >= 15 is 0 Å². The number of carbonyl (C=O) groups is 3. The second-order valence-electron chi connectivity index (χ2n) is 7.78. The zero-order valence-electron chi connectivity index (χ0n) is 15.5. The fraction of sp³-hybridized carbons (Fsp3) is 0.476. The van der Waals surface area contributed by atoms with Gasteiger partial charge in [0.05, 0.1) is 11.5 Å². The smallest absolute Gasteiger partial charge is 0.240 e. The van der Waals surface area contributed by atoms with E-state index in [4.69, 9.17) is 4.42 Å². The molecule has 27 heavy (non-hydrogen) atoms. The van der Waals surface area contributed by atoms with Gasteiger partial charge in [-0.1, -0.05) is 37.5 Å². The van der Waals surface area contributed by atoms with Crippen molar-refractivity contribution in [2.45, 2.75) is 51.5 Å². The summed E-state index contributed by atoms with van der Waals surface area (Å²) in [5, 5.41) is 3.81. The summed E-state index contributed by atoms with van der Waals surface area (Å²) in [5.74, 6) is -0.0999. The summed E-state index contributed by atoms with van der Waals surface area (Å²) in [4.78, 5) is 38.8. The first-order valence-corrected chi connectivity index (χ1v) is 9.61. The van der Waals surface area contributed by atoms with Gasteiger partial charge >= 0.3 is 0 Å². The fourth-order valence-electron chi connectivity index (χ4n) is 4.36. The Kier molecular flexibility index (Phi) is 4.50. The van der Waals surface area contributed by atoms with Gasteiger partial charge < -0.3 is 9.73 Å². The number of nitrogens with one attached hydrogen (secondary N) is 1. The number of para-hydroxylation sites is 1. The number of nitrogens with zero attached hydrogens (tertiary/aromatic N) is 1. The molecule has 4 rings (SSSR count). The molecule has 6 heteroatoms. The Morgan fingerprint density at radius 1 is 1.22 bits per heavy atom. The number of furan rings is 1. The highest BCUT2D eigenvalue weighted by Crippen LogP contribution is 2.45. The zero-order chi connectivity index (χ0) is 19.0. The van der Waals surface area contributed by atoms with Crippen molar-refractivity contribution in [1.82, 2.24) is 10.2 Å². The van der Waals surface area contributed by atoms with Crippen LogP contribution in [0.5, 0.6) is 0 Å². The molecule has 2 aromatic rings. The first kappa shape index (κ1) is 17.8. The molecule has 1 unspecified atom stereocenters. The molecule has 1 aromatic carbocycles. The molecule has 1 atom stereocenters. The van der Waals surface area contributed by atoms with Gasteiger partial charge in [-0.2, -0.15) is 0 Å². The number of hydrogen-bond acceptors (Lipinski definition) is 4. The van der Waals surface area contributed by atoms with E-state index in [1.54, 1.807) is 0 Å². The Morgan fingerprint density at radius 3 is 2.70 bits per heavy atom. The quantitative estimate of drug-likeness (QED) is 0.840. The normalized spacial score (nSPS) is 20.4. The molecule has 1 N–H and O–H groups in total. The van der Waals surface area contributed by atoms with Crippen molar-refractivity contribution < 1.29 is 18.8 Å². The summed E-state index contributed by atoms with van der Waals surface area (Å²) < 4.78 is 5.77. The zero-order valence-corrected chi connectivity index (χ0v) is 15.5. The minimum Gasteiger partial charge on any atom is -0.459 e. The molecule has 1 saturated heterocycles. The molecule has 1 spiro atoms. The summed E-state index contributed by atoms with van der Waals surface area (Å²) >= 11 is 0. The highest BCUT2D eigenvalue weighted by Gasteiger charge is 2.51. The molecule has 0 radical (unpaired) electrons. The van der Waals surface area contributed by atoms with Crippen molar-refractivity contribution in [3.63, 3.8) is 0 Å². The number of fused-ring (bicyclic) bond motifs is 1. The minimum atomic E-state index is -0.556. The maximum absolute atomic E-state index is 12.8. The third-order valence-electron chi connectivity index (χ3n) is 5.85. The van der Waals surface area contributed by atoms with E-state index in [0.29, 0.717) is 5.76 Å². The molecule has 1 saturated carbocycles. The Bertz CT molecular complexity index is 861. The Labute approximate surface area is 157 Å². The van der Waals surface area contributed by atoms with Crippen LogP contribution in [0.2, 0.25) is 0 Å². The molecule has 1 aromatic heterocycles. The summed E-state index contributed by atoms with van der Waals surface area (Å²) in [6, 6.07) is 9.19. The molecular weight excluding hydrogens is 344 g/mol. The van der Waals surface area contributed by atoms with Crippen molar-refractivity contribution in [2.75, 3.05) is 6.54 Å². The molecule has 2 heterocycles. The third kappa shape index (κ3) is 3.24. The second-order valence-corrected chi connectivity index (χ2v) is 7.78. The average molecular weight is 368 g/mol. The number of likely N-dealkylation sites (tertiary alicyclic amines) is 1. The SMILES string of the molecule is CC(NC(=O)CN1C(=O)CC2(CCCCC2)C1=O)c1cc2ccccc2o1. The van der Waals surface area contributed by atoms with Gasteiger partial charge in [0.15, 0.2) is 0 Å². The maximum Gasteiger partial charge on any atom is 0.240 e. The third-order valence-corrected chi connectivity index (χ3v) is 5.85. The molecule has 2 aliphatic rings. The van der Waals surface area contributed by atoms with E-state index in [1.165, 1.54) is 0 Å². The summed E-state index contributed by atoms with van der Waals surface area (Å²) in [6.45, 7) is 1.61. The van der Waals surface area contributed by atoms with Crippen LogP contribution in [-0.4, -0.2) is 29.2 Å². The number of imide groups is 1. The Hall–Kier alpha value is -2.63. The first-order chi connectivity index (χ1) is 13.0.